The van der Waals surface area contributed by atoms with Gasteiger partial charge < -0.3 is 10.2 Å². The topological polar surface area (TPSA) is 28.2 Å². The summed E-state index contributed by atoms with van der Waals surface area (Å²) in [7, 11) is 0. The van der Waals surface area contributed by atoms with Crippen molar-refractivity contribution in [3.8, 4) is 0 Å². The van der Waals surface area contributed by atoms with Crippen LogP contribution in [0.1, 0.15) is 6.42 Å². The third kappa shape index (κ3) is 1.28. The molecule has 2 fully saturated rings. The number of fused-ring (bicyclic) bond motifs is 1. The van der Waals surface area contributed by atoms with E-state index in [1.165, 1.54) is 25.2 Å². The number of nitrogens with one attached hydrogen (secondary N) is 1. The minimum Gasteiger partial charge on any atom is -0.368 e. The van der Waals surface area contributed by atoms with Gasteiger partial charge in [-0.3, -0.25) is 4.98 Å². The lowest BCUT2D eigenvalue weighted by atomic mass is 10.1. The highest BCUT2D eigenvalue weighted by Gasteiger charge is 2.35. The number of anilines is 1. The zero-order valence-electron chi connectivity index (χ0n) is 8.19. The van der Waals surface area contributed by atoms with Gasteiger partial charge in [0.25, 0.3) is 0 Å². The highest BCUT2D eigenvalue weighted by Crippen LogP contribution is 2.28. The minimum atomic E-state index is 0.718. The van der Waals surface area contributed by atoms with E-state index in [4.69, 9.17) is 0 Å². The van der Waals surface area contributed by atoms with Crippen LogP contribution in [0.15, 0.2) is 24.5 Å². The fraction of sp³-hybridized carbons (Fsp3) is 0.545. The van der Waals surface area contributed by atoms with Crippen LogP contribution in [0.3, 0.4) is 0 Å². The molecule has 0 radical (unpaired) electrons. The van der Waals surface area contributed by atoms with Crippen molar-refractivity contribution in [2.45, 2.75) is 12.5 Å². The molecule has 3 heterocycles. The number of rotatable bonds is 1. The molecule has 0 unspecified atom stereocenters. The average Bonchev–Trinajstić information content (AvgIpc) is 2.78. The molecule has 1 N–H and O–H groups in total. The first-order chi connectivity index (χ1) is 6.93. The molecule has 3 nitrogen and oxygen atoms in total. The van der Waals surface area contributed by atoms with E-state index in [-0.39, 0.29) is 0 Å². The summed E-state index contributed by atoms with van der Waals surface area (Å²) in [6.07, 6.45) is 5.13. The first-order valence-electron chi connectivity index (χ1n) is 5.32. The fourth-order valence-corrected chi connectivity index (χ4v) is 2.60. The van der Waals surface area contributed by atoms with Gasteiger partial charge in [-0.15, -0.1) is 0 Å². The molecule has 2 atom stereocenters. The highest BCUT2D eigenvalue weighted by atomic mass is 15.2. The Morgan fingerprint density at radius 1 is 1.43 bits per heavy atom. The molecule has 1 aromatic heterocycles. The Kier molecular flexibility index (Phi) is 1.91. The average molecular weight is 189 g/mol. The van der Waals surface area contributed by atoms with E-state index in [1.807, 2.05) is 18.5 Å². The second kappa shape index (κ2) is 3.24. The van der Waals surface area contributed by atoms with Gasteiger partial charge in [-0.1, -0.05) is 0 Å². The Labute approximate surface area is 84.1 Å². The van der Waals surface area contributed by atoms with Gasteiger partial charge in [0.2, 0.25) is 0 Å². The lowest BCUT2D eigenvalue weighted by molar-refractivity contribution is 0.556. The summed E-state index contributed by atoms with van der Waals surface area (Å²) in [4.78, 5) is 6.60. The van der Waals surface area contributed by atoms with Crippen molar-refractivity contribution in [3.05, 3.63) is 24.5 Å². The number of hydrogen-bond donors (Lipinski definition) is 1. The van der Waals surface area contributed by atoms with Crippen molar-refractivity contribution in [2.75, 3.05) is 24.5 Å². The molecule has 0 amide bonds. The number of nitrogens with zero attached hydrogens (tertiary/aromatic N) is 2. The number of aromatic nitrogens is 1. The van der Waals surface area contributed by atoms with Gasteiger partial charge in [0.15, 0.2) is 0 Å². The van der Waals surface area contributed by atoms with Crippen molar-refractivity contribution in [1.82, 2.24) is 10.3 Å². The molecular weight excluding hydrogens is 174 g/mol. The Morgan fingerprint density at radius 3 is 3.21 bits per heavy atom. The molecule has 0 spiro atoms. The van der Waals surface area contributed by atoms with Crippen LogP contribution in [0.5, 0.6) is 0 Å². The van der Waals surface area contributed by atoms with Crippen molar-refractivity contribution in [2.24, 2.45) is 5.92 Å². The van der Waals surface area contributed by atoms with E-state index in [1.54, 1.807) is 0 Å². The van der Waals surface area contributed by atoms with E-state index in [0.717, 1.165) is 18.5 Å². The summed E-state index contributed by atoms with van der Waals surface area (Å²) in [6, 6.07) is 4.88. The smallest absolute Gasteiger partial charge is 0.0553 e. The first kappa shape index (κ1) is 8.24. The molecule has 2 aliphatic rings. The summed E-state index contributed by atoms with van der Waals surface area (Å²) in [5.41, 5.74) is 1.27. The van der Waals surface area contributed by atoms with E-state index in [2.05, 4.69) is 21.3 Å². The summed E-state index contributed by atoms with van der Waals surface area (Å²) < 4.78 is 0. The Bertz CT molecular complexity index is 300. The molecule has 2 saturated heterocycles. The van der Waals surface area contributed by atoms with Crippen LogP contribution in [0, 0.1) is 5.92 Å². The lowest BCUT2D eigenvalue weighted by Crippen LogP contribution is -2.30. The largest absolute Gasteiger partial charge is 0.368 e. The first-order valence-corrected chi connectivity index (χ1v) is 5.32. The highest BCUT2D eigenvalue weighted by molar-refractivity contribution is 5.45. The molecule has 74 valence electrons. The minimum absolute atomic E-state index is 0.718. The fourth-order valence-electron chi connectivity index (χ4n) is 2.60. The van der Waals surface area contributed by atoms with Crippen LogP contribution in [0.2, 0.25) is 0 Å². The molecule has 3 heteroatoms. The normalized spacial score (nSPS) is 30.7. The third-order valence-electron chi connectivity index (χ3n) is 3.37. The second-order valence-corrected chi connectivity index (χ2v) is 4.23. The summed E-state index contributed by atoms with van der Waals surface area (Å²) in [5.74, 6) is 0.857. The van der Waals surface area contributed by atoms with Crippen molar-refractivity contribution < 1.29 is 0 Å². The molecule has 0 bridgehead atoms. The summed E-state index contributed by atoms with van der Waals surface area (Å²) in [5, 5.41) is 3.56. The maximum Gasteiger partial charge on any atom is 0.0553 e. The zero-order chi connectivity index (χ0) is 9.38. The molecule has 14 heavy (non-hydrogen) atoms. The van der Waals surface area contributed by atoms with Crippen molar-refractivity contribution in [3.63, 3.8) is 0 Å². The number of pyridine rings is 1. The van der Waals surface area contributed by atoms with Gasteiger partial charge in [0, 0.05) is 25.3 Å². The van der Waals surface area contributed by atoms with Crippen molar-refractivity contribution >= 4 is 5.69 Å². The van der Waals surface area contributed by atoms with Crippen LogP contribution in [0.4, 0.5) is 5.69 Å². The molecule has 3 rings (SSSR count). The van der Waals surface area contributed by atoms with Crippen LogP contribution in [-0.2, 0) is 0 Å². The Balaban J connectivity index is 1.77. The molecular formula is C11H15N3. The maximum absolute atomic E-state index is 4.16. The Morgan fingerprint density at radius 2 is 2.43 bits per heavy atom. The standard InChI is InChI=1S/C11H15N3/c1-2-10(6-12-4-1)14-7-9-3-5-13-11(9)8-14/h1-2,4,6,9,11,13H,3,5,7-8H2/t9-,11+/m1/s1. The van der Waals surface area contributed by atoms with Crippen LogP contribution < -0.4 is 10.2 Å². The van der Waals surface area contributed by atoms with Crippen molar-refractivity contribution in [1.29, 1.82) is 0 Å². The van der Waals surface area contributed by atoms with Gasteiger partial charge in [0.05, 0.1) is 11.9 Å². The predicted molar refractivity (Wildman–Crippen MR) is 56.3 cm³/mol. The molecule has 0 aromatic carbocycles. The monoisotopic (exact) mass is 189 g/mol. The predicted octanol–water partition coefficient (Wildman–Crippen LogP) is 0.880. The molecule has 1 aromatic rings. The number of hydrogen-bond acceptors (Lipinski definition) is 3. The van der Waals surface area contributed by atoms with E-state index in [9.17, 15) is 0 Å². The van der Waals surface area contributed by atoms with Gasteiger partial charge in [-0.05, 0) is 31.0 Å². The van der Waals surface area contributed by atoms with Crippen LogP contribution >= 0.6 is 0 Å². The SMILES string of the molecule is c1cncc(N2C[C@H]3CCN[C@H]3C2)c1. The second-order valence-electron chi connectivity index (χ2n) is 4.23. The van der Waals surface area contributed by atoms with Gasteiger partial charge in [-0.25, -0.2) is 0 Å². The van der Waals surface area contributed by atoms with Gasteiger partial charge in [0.1, 0.15) is 0 Å². The molecule has 2 aliphatic heterocycles. The Hall–Kier alpha value is -1.09. The van der Waals surface area contributed by atoms with Crippen LogP contribution in [-0.4, -0.2) is 30.7 Å². The van der Waals surface area contributed by atoms with E-state index in [0.29, 0.717) is 0 Å². The van der Waals surface area contributed by atoms with E-state index < -0.39 is 0 Å². The quantitative estimate of drug-likeness (QED) is 0.711. The lowest BCUT2D eigenvalue weighted by Gasteiger charge is -2.18. The van der Waals surface area contributed by atoms with Gasteiger partial charge >= 0.3 is 0 Å². The maximum atomic E-state index is 4.16. The molecule has 0 saturated carbocycles. The third-order valence-corrected chi connectivity index (χ3v) is 3.37. The van der Waals surface area contributed by atoms with Crippen LogP contribution in [0.25, 0.3) is 0 Å². The summed E-state index contributed by atoms with van der Waals surface area (Å²) >= 11 is 0. The zero-order valence-corrected chi connectivity index (χ0v) is 8.19. The van der Waals surface area contributed by atoms with Gasteiger partial charge in [-0.2, -0.15) is 0 Å². The van der Waals surface area contributed by atoms with E-state index >= 15 is 0 Å². The molecule has 0 aliphatic carbocycles. The summed E-state index contributed by atoms with van der Waals surface area (Å²) in [6.45, 7) is 3.55.